The number of carboxylic acid groups (broad SMARTS) is 1. The van der Waals surface area contributed by atoms with Crippen LogP contribution in [0, 0.1) is 0 Å². The van der Waals surface area contributed by atoms with Crippen LogP contribution in [-0.2, 0) is 0 Å². The lowest BCUT2D eigenvalue weighted by Gasteiger charge is -2.22. The Morgan fingerprint density at radius 3 is 2.61 bits per heavy atom. The standard InChI is InChI=1S/C18H17NO3S/c1-18(2,3)22-16-11-6-4-7-12(17(20)21)15(11)13(10-19-16)14-8-5-9-23-14/h4-10H,1-3H3,(H,20,21). The van der Waals surface area contributed by atoms with Crippen molar-refractivity contribution in [1.82, 2.24) is 4.98 Å². The van der Waals surface area contributed by atoms with E-state index < -0.39 is 11.6 Å². The van der Waals surface area contributed by atoms with Gasteiger partial charge >= 0.3 is 5.97 Å². The highest BCUT2D eigenvalue weighted by Crippen LogP contribution is 2.37. The third kappa shape index (κ3) is 3.05. The zero-order valence-electron chi connectivity index (χ0n) is 13.2. The largest absolute Gasteiger partial charge is 0.478 e. The maximum Gasteiger partial charge on any atom is 0.336 e. The zero-order valence-corrected chi connectivity index (χ0v) is 14.0. The molecule has 1 aromatic carbocycles. The van der Waals surface area contributed by atoms with Crippen molar-refractivity contribution >= 4 is 28.1 Å². The molecule has 0 fully saturated rings. The van der Waals surface area contributed by atoms with Gasteiger partial charge < -0.3 is 9.84 Å². The molecule has 0 saturated heterocycles. The van der Waals surface area contributed by atoms with Gasteiger partial charge in [-0.05, 0) is 44.4 Å². The summed E-state index contributed by atoms with van der Waals surface area (Å²) in [7, 11) is 0. The third-order valence-corrected chi connectivity index (χ3v) is 4.20. The van der Waals surface area contributed by atoms with E-state index in [2.05, 4.69) is 4.98 Å². The van der Waals surface area contributed by atoms with E-state index in [1.165, 1.54) is 0 Å². The van der Waals surface area contributed by atoms with Crippen molar-refractivity contribution in [1.29, 1.82) is 0 Å². The van der Waals surface area contributed by atoms with E-state index in [1.54, 1.807) is 29.7 Å². The highest BCUT2D eigenvalue weighted by molar-refractivity contribution is 7.13. The van der Waals surface area contributed by atoms with Crippen molar-refractivity contribution in [3.05, 3.63) is 47.5 Å². The van der Waals surface area contributed by atoms with Gasteiger partial charge in [0.2, 0.25) is 5.88 Å². The van der Waals surface area contributed by atoms with Crippen LogP contribution in [0.3, 0.4) is 0 Å². The molecule has 5 heteroatoms. The number of benzene rings is 1. The van der Waals surface area contributed by atoms with E-state index >= 15 is 0 Å². The maximum absolute atomic E-state index is 11.7. The topological polar surface area (TPSA) is 59.4 Å². The average molecular weight is 327 g/mol. The summed E-state index contributed by atoms with van der Waals surface area (Å²) in [6.45, 7) is 5.82. The first-order valence-electron chi connectivity index (χ1n) is 7.25. The Balaban J connectivity index is 2.34. The number of ether oxygens (including phenoxy) is 1. The number of carbonyl (C=O) groups is 1. The summed E-state index contributed by atoms with van der Waals surface area (Å²) in [5.41, 5.74) is 0.658. The first-order valence-corrected chi connectivity index (χ1v) is 8.13. The molecule has 0 amide bonds. The first kappa shape index (κ1) is 15.5. The Hall–Kier alpha value is -2.40. The molecule has 0 bridgehead atoms. The van der Waals surface area contributed by atoms with Crippen LogP contribution in [-0.4, -0.2) is 21.7 Å². The van der Waals surface area contributed by atoms with Crippen LogP contribution >= 0.6 is 11.3 Å². The van der Waals surface area contributed by atoms with E-state index in [0.29, 0.717) is 16.7 Å². The fraction of sp³-hybridized carbons (Fsp3) is 0.222. The van der Waals surface area contributed by atoms with E-state index in [9.17, 15) is 9.90 Å². The van der Waals surface area contributed by atoms with Gasteiger partial charge in [0.25, 0.3) is 0 Å². The number of fused-ring (bicyclic) bond motifs is 1. The maximum atomic E-state index is 11.7. The van der Waals surface area contributed by atoms with Crippen LogP contribution in [0.25, 0.3) is 21.2 Å². The molecule has 1 N–H and O–H groups in total. The molecule has 3 rings (SSSR count). The SMILES string of the molecule is CC(C)(C)Oc1ncc(-c2cccs2)c2c(C(=O)O)cccc12. The smallest absolute Gasteiger partial charge is 0.336 e. The summed E-state index contributed by atoms with van der Waals surface area (Å²) in [5.74, 6) is -0.503. The second-order valence-corrected chi connectivity index (χ2v) is 7.15. The molecule has 3 aromatic rings. The van der Waals surface area contributed by atoms with E-state index in [-0.39, 0.29) is 5.56 Å². The predicted octanol–water partition coefficient (Wildman–Crippen LogP) is 4.84. The molecule has 0 aliphatic rings. The number of hydrogen-bond donors (Lipinski definition) is 1. The molecule has 0 saturated carbocycles. The van der Waals surface area contributed by atoms with Gasteiger partial charge in [0.05, 0.1) is 5.56 Å². The third-order valence-electron chi connectivity index (χ3n) is 3.30. The number of aromatic carboxylic acids is 1. The van der Waals surface area contributed by atoms with Crippen LogP contribution in [0.5, 0.6) is 5.88 Å². The van der Waals surface area contributed by atoms with Crippen molar-refractivity contribution in [2.75, 3.05) is 0 Å². The van der Waals surface area contributed by atoms with E-state index in [1.807, 2.05) is 44.4 Å². The molecule has 0 atom stereocenters. The van der Waals surface area contributed by atoms with E-state index in [4.69, 9.17) is 4.74 Å². The van der Waals surface area contributed by atoms with Crippen LogP contribution < -0.4 is 4.74 Å². The normalized spacial score (nSPS) is 11.6. The van der Waals surface area contributed by atoms with Crippen LogP contribution in [0.2, 0.25) is 0 Å². The molecule has 23 heavy (non-hydrogen) atoms. The average Bonchev–Trinajstić information content (AvgIpc) is 2.99. The molecule has 0 aliphatic carbocycles. The van der Waals surface area contributed by atoms with Gasteiger partial charge in [-0.15, -0.1) is 11.3 Å². The number of rotatable bonds is 3. The molecule has 0 radical (unpaired) electrons. The Morgan fingerprint density at radius 2 is 2.00 bits per heavy atom. The van der Waals surface area contributed by atoms with Crippen LogP contribution in [0.4, 0.5) is 0 Å². The summed E-state index contributed by atoms with van der Waals surface area (Å²) in [6, 6.07) is 9.09. The van der Waals surface area contributed by atoms with E-state index in [0.717, 1.165) is 10.4 Å². The quantitative estimate of drug-likeness (QED) is 0.748. The molecular formula is C18H17NO3S. The van der Waals surface area contributed by atoms with Crippen molar-refractivity contribution in [2.45, 2.75) is 26.4 Å². The number of aromatic nitrogens is 1. The summed E-state index contributed by atoms with van der Waals surface area (Å²) in [5, 5.41) is 12.9. The van der Waals surface area contributed by atoms with Gasteiger partial charge in [-0.1, -0.05) is 12.1 Å². The van der Waals surface area contributed by atoms with Crippen LogP contribution in [0.15, 0.2) is 41.9 Å². The second-order valence-electron chi connectivity index (χ2n) is 6.20. The summed E-state index contributed by atoms with van der Waals surface area (Å²) >= 11 is 1.56. The zero-order chi connectivity index (χ0) is 16.6. The fourth-order valence-electron chi connectivity index (χ4n) is 2.45. The number of thiophene rings is 1. The predicted molar refractivity (Wildman–Crippen MR) is 92.4 cm³/mol. The summed E-state index contributed by atoms with van der Waals surface area (Å²) in [6.07, 6.45) is 1.70. The van der Waals surface area contributed by atoms with Gasteiger partial charge in [0.1, 0.15) is 5.60 Å². The second kappa shape index (κ2) is 5.66. The molecule has 4 nitrogen and oxygen atoms in total. The van der Waals surface area contributed by atoms with Crippen molar-refractivity contribution in [2.24, 2.45) is 0 Å². The summed E-state index contributed by atoms with van der Waals surface area (Å²) in [4.78, 5) is 17.1. The van der Waals surface area contributed by atoms with Gasteiger partial charge in [0, 0.05) is 27.4 Å². The van der Waals surface area contributed by atoms with Gasteiger partial charge in [-0.25, -0.2) is 9.78 Å². The fourth-order valence-corrected chi connectivity index (χ4v) is 3.19. The van der Waals surface area contributed by atoms with Crippen molar-refractivity contribution in [3.63, 3.8) is 0 Å². The number of carboxylic acids is 1. The van der Waals surface area contributed by atoms with Gasteiger partial charge in [-0.2, -0.15) is 0 Å². The van der Waals surface area contributed by atoms with Crippen LogP contribution in [0.1, 0.15) is 31.1 Å². The number of hydrogen-bond acceptors (Lipinski definition) is 4. The molecule has 0 spiro atoms. The Labute approximate surface area is 138 Å². The van der Waals surface area contributed by atoms with Gasteiger partial charge in [0.15, 0.2) is 0 Å². The lowest BCUT2D eigenvalue weighted by Crippen LogP contribution is -2.23. The van der Waals surface area contributed by atoms with Crippen molar-refractivity contribution in [3.8, 4) is 16.3 Å². The monoisotopic (exact) mass is 327 g/mol. The Bertz CT molecular complexity index is 864. The highest BCUT2D eigenvalue weighted by atomic mass is 32.1. The molecule has 0 aliphatic heterocycles. The lowest BCUT2D eigenvalue weighted by atomic mass is 10.00. The molecular weight excluding hydrogens is 310 g/mol. The van der Waals surface area contributed by atoms with Crippen molar-refractivity contribution < 1.29 is 14.6 Å². The minimum atomic E-state index is -0.957. The Kier molecular flexibility index (Phi) is 3.82. The highest BCUT2D eigenvalue weighted by Gasteiger charge is 2.20. The molecule has 118 valence electrons. The molecule has 2 aromatic heterocycles. The Morgan fingerprint density at radius 1 is 1.22 bits per heavy atom. The minimum Gasteiger partial charge on any atom is -0.478 e. The van der Waals surface area contributed by atoms with Gasteiger partial charge in [-0.3, -0.25) is 0 Å². The minimum absolute atomic E-state index is 0.257. The first-order chi connectivity index (χ1) is 10.9. The number of nitrogens with zero attached hydrogens (tertiary/aromatic N) is 1. The number of pyridine rings is 1. The lowest BCUT2D eigenvalue weighted by molar-refractivity contribution is 0.0699. The summed E-state index contributed by atoms with van der Waals surface area (Å²) < 4.78 is 5.92. The molecule has 0 unspecified atom stereocenters. The molecule has 2 heterocycles.